The van der Waals surface area contributed by atoms with Gasteiger partial charge >= 0.3 is 0 Å². The Morgan fingerprint density at radius 3 is 2.39 bits per heavy atom. The molecule has 0 unspecified atom stereocenters. The van der Waals surface area contributed by atoms with Gasteiger partial charge in [-0.3, -0.25) is 4.90 Å². The third kappa shape index (κ3) is 5.59. The average Bonchev–Trinajstić information content (AvgIpc) is 2.75. The zero-order valence-corrected chi connectivity index (χ0v) is 17.4. The molecule has 0 bridgehead atoms. The highest BCUT2D eigenvalue weighted by molar-refractivity contribution is 7.80. The van der Waals surface area contributed by atoms with Gasteiger partial charge in [-0.05, 0) is 68.0 Å². The van der Waals surface area contributed by atoms with Crippen molar-refractivity contribution < 1.29 is 9.47 Å². The van der Waals surface area contributed by atoms with Gasteiger partial charge in [0.2, 0.25) is 0 Å². The van der Waals surface area contributed by atoms with Crippen molar-refractivity contribution in [3.63, 3.8) is 0 Å². The average molecular weight is 400 g/mol. The van der Waals surface area contributed by atoms with Gasteiger partial charge in [0.05, 0.1) is 20.3 Å². The highest BCUT2D eigenvalue weighted by Gasteiger charge is 2.22. The molecule has 3 rings (SSSR count). The lowest BCUT2D eigenvalue weighted by Gasteiger charge is -2.35. The van der Waals surface area contributed by atoms with Crippen molar-refractivity contribution in [2.45, 2.75) is 25.3 Å². The Kier molecular flexibility index (Phi) is 7.51. The summed E-state index contributed by atoms with van der Waals surface area (Å²) in [6.45, 7) is 2.99. The predicted octanol–water partition coefficient (Wildman–Crippen LogP) is 4.22. The molecule has 0 aliphatic carbocycles. The summed E-state index contributed by atoms with van der Waals surface area (Å²) in [7, 11) is 3.36. The maximum atomic E-state index is 5.52. The van der Waals surface area contributed by atoms with E-state index in [2.05, 4.69) is 27.7 Å². The third-order valence-electron chi connectivity index (χ3n) is 5.12. The zero-order chi connectivity index (χ0) is 19.8. The number of hydrogen-bond acceptors (Lipinski definition) is 4. The van der Waals surface area contributed by atoms with Crippen molar-refractivity contribution in [3.05, 3.63) is 54.1 Å². The first-order valence-corrected chi connectivity index (χ1v) is 10.2. The van der Waals surface area contributed by atoms with E-state index in [-0.39, 0.29) is 6.04 Å². The fourth-order valence-electron chi connectivity index (χ4n) is 3.58. The summed E-state index contributed by atoms with van der Waals surface area (Å²) in [5.41, 5.74) is 2.19. The van der Waals surface area contributed by atoms with Crippen LogP contribution in [0, 0.1) is 0 Å². The number of rotatable bonds is 7. The van der Waals surface area contributed by atoms with Crippen LogP contribution in [0.4, 0.5) is 5.69 Å². The van der Waals surface area contributed by atoms with Crippen LogP contribution in [0.2, 0.25) is 0 Å². The first-order valence-electron chi connectivity index (χ1n) is 9.76. The SMILES string of the molecule is COc1ccc([C@H](CNC(=S)Nc2cccc(OC)c2)N2CCCCC2)cc1. The molecule has 6 heteroatoms. The van der Waals surface area contributed by atoms with Crippen LogP contribution < -0.4 is 20.1 Å². The number of ether oxygens (including phenoxy) is 2. The van der Waals surface area contributed by atoms with E-state index in [1.165, 1.54) is 24.8 Å². The molecule has 0 saturated carbocycles. The number of thiocarbonyl (C=S) groups is 1. The Morgan fingerprint density at radius 2 is 1.71 bits per heavy atom. The fraction of sp³-hybridized carbons (Fsp3) is 0.409. The monoisotopic (exact) mass is 399 g/mol. The maximum absolute atomic E-state index is 5.52. The van der Waals surface area contributed by atoms with Gasteiger partial charge in [-0.25, -0.2) is 0 Å². The van der Waals surface area contributed by atoms with Crippen LogP contribution in [0.25, 0.3) is 0 Å². The molecule has 0 radical (unpaired) electrons. The van der Waals surface area contributed by atoms with E-state index >= 15 is 0 Å². The number of nitrogens with zero attached hydrogens (tertiary/aromatic N) is 1. The van der Waals surface area contributed by atoms with Crippen molar-refractivity contribution in [2.75, 3.05) is 39.2 Å². The molecule has 2 aromatic carbocycles. The van der Waals surface area contributed by atoms with E-state index in [0.717, 1.165) is 36.8 Å². The molecule has 28 heavy (non-hydrogen) atoms. The van der Waals surface area contributed by atoms with E-state index in [4.69, 9.17) is 21.7 Å². The van der Waals surface area contributed by atoms with Crippen LogP contribution in [0.1, 0.15) is 30.9 Å². The molecule has 2 N–H and O–H groups in total. The first kappa shape index (κ1) is 20.4. The number of likely N-dealkylation sites (tertiary alicyclic amines) is 1. The maximum Gasteiger partial charge on any atom is 0.170 e. The van der Waals surface area contributed by atoms with Crippen LogP contribution in [-0.2, 0) is 0 Å². The van der Waals surface area contributed by atoms with Gasteiger partial charge in [-0.15, -0.1) is 0 Å². The van der Waals surface area contributed by atoms with Crippen LogP contribution in [0.5, 0.6) is 11.5 Å². The Morgan fingerprint density at radius 1 is 1.00 bits per heavy atom. The number of hydrogen-bond donors (Lipinski definition) is 2. The number of nitrogens with one attached hydrogen (secondary N) is 2. The van der Waals surface area contributed by atoms with Crippen molar-refractivity contribution in [1.29, 1.82) is 0 Å². The summed E-state index contributed by atoms with van der Waals surface area (Å²) in [6.07, 6.45) is 3.81. The molecule has 0 aromatic heterocycles. The van der Waals surface area contributed by atoms with Gasteiger partial charge in [0.25, 0.3) is 0 Å². The van der Waals surface area contributed by atoms with Crippen LogP contribution in [0.3, 0.4) is 0 Å². The summed E-state index contributed by atoms with van der Waals surface area (Å²) >= 11 is 5.52. The summed E-state index contributed by atoms with van der Waals surface area (Å²) in [6, 6.07) is 16.4. The standard InChI is InChI=1S/C22H29N3O2S/c1-26-19-11-9-17(10-12-19)21(25-13-4-3-5-14-25)16-23-22(28)24-18-7-6-8-20(15-18)27-2/h6-12,15,21H,3-5,13-14,16H2,1-2H3,(H2,23,24,28)/t21-/m0/s1. The molecule has 1 fully saturated rings. The van der Waals surface area contributed by atoms with Crippen molar-refractivity contribution >= 4 is 23.0 Å². The second-order valence-electron chi connectivity index (χ2n) is 6.95. The van der Waals surface area contributed by atoms with Crippen molar-refractivity contribution in [3.8, 4) is 11.5 Å². The molecule has 1 aliphatic heterocycles. The van der Waals surface area contributed by atoms with Gasteiger partial charge in [-0.1, -0.05) is 24.6 Å². The summed E-state index contributed by atoms with van der Waals surface area (Å²) in [4.78, 5) is 2.55. The van der Waals surface area contributed by atoms with Crippen LogP contribution in [-0.4, -0.2) is 43.9 Å². The number of methoxy groups -OCH3 is 2. The van der Waals surface area contributed by atoms with Crippen LogP contribution >= 0.6 is 12.2 Å². The number of anilines is 1. The third-order valence-corrected chi connectivity index (χ3v) is 5.36. The first-order chi connectivity index (χ1) is 13.7. The topological polar surface area (TPSA) is 45.8 Å². The van der Waals surface area contributed by atoms with Crippen molar-refractivity contribution in [2.24, 2.45) is 0 Å². The van der Waals surface area contributed by atoms with Gasteiger partial charge in [-0.2, -0.15) is 0 Å². The summed E-state index contributed by atoms with van der Waals surface area (Å²) in [5, 5.41) is 7.26. The molecule has 2 aromatic rings. The lowest BCUT2D eigenvalue weighted by atomic mass is 10.0. The molecule has 1 atom stereocenters. The second kappa shape index (κ2) is 10.3. The van der Waals surface area contributed by atoms with Gasteiger partial charge in [0.1, 0.15) is 11.5 Å². The molecular weight excluding hydrogens is 370 g/mol. The molecule has 150 valence electrons. The molecule has 1 heterocycles. The summed E-state index contributed by atoms with van der Waals surface area (Å²) < 4.78 is 10.6. The molecule has 1 saturated heterocycles. The zero-order valence-electron chi connectivity index (χ0n) is 16.6. The van der Waals surface area contributed by atoms with Crippen molar-refractivity contribution in [1.82, 2.24) is 10.2 Å². The van der Waals surface area contributed by atoms with E-state index < -0.39 is 0 Å². The minimum atomic E-state index is 0.274. The van der Waals surface area contributed by atoms with E-state index in [0.29, 0.717) is 5.11 Å². The lowest BCUT2D eigenvalue weighted by molar-refractivity contribution is 0.164. The fourth-order valence-corrected chi connectivity index (χ4v) is 3.78. The normalized spacial score (nSPS) is 15.5. The van der Waals surface area contributed by atoms with Gasteiger partial charge in [0, 0.05) is 18.3 Å². The Bertz CT molecular complexity index is 761. The molecule has 0 spiro atoms. The van der Waals surface area contributed by atoms with Gasteiger partial charge < -0.3 is 20.1 Å². The van der Waals surface area contributed by atoms with Crippen LogP contribution in [0.15, 0.2) is 48.5 Å². The largest absolute Gasteiger partial charge is 0.497 e. The predicted molar refractivity (Wildman–Crippen MR) is 118 cm³/mol. The Balaban J connectivity index is 1.65. The highest BCUT2D eigenvalue weighted by atomic mass is 32.1. The minimum Gasteiger partial charge on any atom is -0.497 e. The Hall–Kier alpha value is -2.31. The minimum absolute atomic E-state index is 0.274. The summed E-state index contributed by atoms with van der Waals surface area (Å²) in [5.74, 6) is 1.68. The molecule has 0 amide bonds. The molecule has 1 aliphatic rings. The van der Waals surface area contributed by atoms with E-state index in [1.807, 2.05) is 36.4 Å². The Labute approximate surface area is 173 Å². The molecule has 5 nitrogen and oxygen atoms in total. The lowest BCUT2D eigenvalue weighted by Crippen LogP contribution is -2.41. The number of piperidine rings is 1. The van der Waals surface area contributed by atoms with Gasteiger partial charge in [0.15, 0.2) is 5.11 Å². The van der Waals surface area contributed by atoms with E-state index in [1.54, 1.807) is 14.2 Å². The number of benzene rings is 2. The van der Waals surface area contributed by atoms with E-state index in [9.17, 15) is 0 Å². The second-order valence-corrected chi connectivity index (χ2v) is 7.36. The molecular formula is C22H29N3O2S. The quantitative estimate of drug-likeness (QED) is 0.680. The highest BCUT2D eigenvalue weighted by Crippen LogP contribution is 2.26. The smallest absolute Gasteiger partial charge is 0.170 e.